The van der Waals surface area contributed by atoms with Crippen molar-refractivity contribution < 1.29 is 13.9 Å². The Hall–Kier alpha value is -3.68. The number of amides is 1. The number of methoxy groups -OCH3 is 1. The van der Waals surface area contributed by atoms with Crippen molar-refractivity contribution >= 4 is 17.5 Å². The maximum atomic E-state index is 14.6. The molecule has 4 rings (SSSR count). The first kappa shape index (κ1) is 16.8. The SMILES string of the molecule is COc1cccc(-c2cnc(NC(=O)c3nc4cccc(C)n4c3F)[nH]2)c1. The number of hydrogen-bond donors (Lipinski definition) is 2. The molecule has 8 heteroatoms. The molecule has 3 aromatic heterocycles. The molecule has 7 nitrogen and oxygen atoms in total. The number of nitrogens with zero attached hydrogens (tertiary/aromatic N) is 3. The lowest BCUT2D eigenvalue weighted by molar-refractivity contribution is 0.101. The van der Waals surface area contributed by atoms with E-state index in [0.29, 0.717) is 22.8 Å². The van der Waals surface area contributed by atoms with E-state index in [1.807, 2.05) is 24.3 Å². The number of carbonyl (C=O) groups is 1. The predicted molar refractivity (Wildman–Crippen MR) is 98.4 cm³/mol. The molecular weight excluding hydrogens is 349 g/mol. The number of aromatic amines is 1. The second-order valence-corrected chi connectivity index (χ2v) is 5.94. The first-order chi connectivity index (χ1) is 13.1. The first-order valence-electron chi connectivity index (χ1n) is 8.21. The number of ether oxygens (including phenoxy) is 1. The highest BCUT2D eigenvalue weighted by Crippen LogP contribution is 2.23. The number of fused-ring (bicyclic) bond motifs is 1. The van der Waals surface area contributed by atoms with E-state index in [2.05, 4.69) is 20.3 Å². The van der Waals surface area contributed by atoms with Crippen LogP contribution in [-0.4, -0.2) is 32.4 Å². The number of hydrogen-bond acceptors (Lipinski definition) is 4. The lowest BCUT2D eigenvalue weighted by Gasteiger charge is -2.02. The molecule has 4 aromatic rings. The minimum atomic E-state index is -0.708. The highest BCUT2D eigenvalue weighted by atomic mass is 19.1. The number of imidazole rings is 2. The van der Waals surface area contributed by atoms with E-state index in [4.69, 9.17) is 4.74 Å². The summed E-state index contributed by atoms with van der Waals surface area (Å²) in [5, 5.41) is 2.55. The summed E-state index contributed by atoms with van der Waals surface area (Å²) in [5.41, 5.74) is 2.26. The average Bonchev–Trinajstić information content (AvgIpc) is 3.27. The molecule has 0 saturated heterocycles. The number of anilines is 1. The summed E-state index contributed by atoms with van der Waals surface area (Å²) in [6.45, 7) is 1.74. The standard InChI is InChI=1S/C19H16FN5O2/c1-11-5-3-8-15-23-16(17(20)25(11)15)18(26)24-19-21-10-14(22-19)12-6-4-7-13(9-12)27-2/h3-10H,1-2H3,(H2,21,22,24,26). The summed E-state index contributed by atoms with van der Waals surface area (Å²) >= 11 is 0. The van der Waals surface area contributed by atoms with Crippen LogP contribution in [0.5, 0.6) is 5.75 Å². The lowest BCUT2D eigenvalue weighted by atomic mass is 10.1. The quantitative estimate of drug-likeness (QED) is 0.580. The number of rotatable bonds is 4. The van der Waals surface area contributed by atoms with Crippen LogP contribution < -0.4 is 10.1 Å². The predicted octanol–water partition coefficient (Wildman–Crippen LogP) is 3.43. The Morgan fingerprint density at radius 3 is 2.85 bits per heavy atom. The van der Waals surface area contributed by atoms with Crippen molar-refractivity contribution in [3.05, 3.63) is 66.0 Å². The van der Waals surface area contributed by atoms with E-state index in [-0.39, 0.29) is 11.6 Å². The summed E-state index contributed by atoms with van der Waals surface area (Å²) in [5.74, 6) is -0.483. The van der Waals surface area contributed by atoms with Crippen LogP contribution in [0.15, 0.2) is 48.7 Å². The van der Waals surface area contributed by atoms with Gasteiger partial charge in [-0.2, -0.15) is 4.39 Å². The molecule has 2 N–H and O–H groups in total. The van der Waals surface area contributed by atoms with Gasteiger partial charge in [-0.05, 0) is 31.2 Å². The van der Waals surface area contributed by atoms with E-state index in [1.54, 1.807) is 38.4 Å². The van der Waals surface area contributed by atoms with Crippen molar-refractivity contribution in [3.8, 4) is 17.0 Å². The molecule has 0 bridgehead atoms. The Morgan fingerprint density at radius 2 is 2.07 bits per heavy atom. The largest absolute Gasteiger partial charge is 0.497 e. The molecule has 0 unspecified atom stereocenters. The monoisotopic (exact) mass is 365 g/mol. The second kappa shape index (κ2) is 6.56. The number of H-pyrrole nitrogens is 1. The van der Waals surface area contributed by atoms with Crippen molar-refractivity contribution in [1.82, 2.24) is 19.4 Å². The number of halogens is 1. The third-order valence-electron chi connectivity index (χ3n) is 4.19. The fourth-order valence-electron chi connectivity index (χ4n) is 2.85. The summed E-state index contributed by atoms with van der Waals surface area (Å²) in [7, 11) is 1.59. The molecule has 0 atom stereocenters. The summed E-state index contributed by atoms with van der Waals surface area (Å²) in [6.07, 6.45) is 1.58. The Morgan fingerprint density at radius 1 is 1.26 bits per heavy atom. The molecule has 136 valence electrons. The lowest BCUT2D eigenvalue weighted by Crippen LogP contribution is -2.15. The molecule has 0 aliphatic heterocycles. The summed E-state index contributed by atoms with van der Waals surface area (Å²) in [6, 6.07) is 12.5. The van der Waals surface area contributed by atoms with E-state index in [0.717, 1.165) is 5.56 Å². The third-order valence-corrected chi connectivity index (χ3v) is 4.19. The second-order valence-electron chi connectivity index (χ2n) is 5.94. The van der Waals surface area contributed by atoms with E-state index < -0.39 is 11.9 Å². The molecule has 0 saturated carbocycles. The number of carbonyl (C=O) groups excluding carboxylic acids is 1. The maximum Gasteiger partial charge on any atom is 0.281 e. The van der Waals surface area contributed by atoms with Gasteiger partial charge >= 0.3 is 0 Å². The maximum absolute atomic E-state index is 14.6. The topological polar surface area (TPSA) is 84.3 Å². The summed E-state index contributed by atoms with van der Waals surface area (Å²) < 4.78 is 21.1. The number of nitrogens with one attached hydrogen (secondary N) is 2. The third kappa shape index (κ3) is 3.01. The van der Waals surface area contributed by atoms with Gasteiger partial charge in [-0.15, -0.1) is 0 Å². The van der Waals surface area contributed by atoms with Crippen LogP contribution in [0.25, 0.3) is 16.9 Å². The van der Waals surface area contributed by atoms with Gasteiger partial charge in [-0.1, -0.05) is 18.2 Å². The number of aromatic nitrogens is 4. The normalized spacial score (nSPS) is 10.9. The van der Waals surface area contributed by atoms with Gasteiger partial charge in [0.25, 0.3) is 5.91 Å². The van der Waals surface area contributed by atoms with E-state index in [1.165, 1.54) is 4.40 Å². The fraction of sp³-hybridized carbons (Fsp3) is 0.105. The molecular formula is C19H16FN5O2. The van der Waals surface area contributed by atoms with Crippen molar-refractivity contribution in [2.45, 2.75) is 6.92 Å². The Bertz CT molecular complexity index is 1150. The highest BCUT2D eigenvalue weighted by molar-refractivity contribution is 6.02. The minimum absolute atomic E-state index is 0.200. The van der Waals surface area contributed by atoms with Crippen LogP contribution in [0, 0.1) is 12.9 Å². The van der Waals surface area contributed by atoms with Crippen molar-refractivity contribution in [2.24, 2.45) is 0 Å². The van der Waals surface area contributed by atoms with Gasteiger partial charge in [-0.25, -0.2) is 9.97 Å². The van der Waals surface area contributed by atoms with Gasteiger partial charge in [-0.3, -0.25) is 14.5 Å². The number of benzene rings is 1. The van der Waals surface area contributed by atoms with Crippen LogP contribution in [0.4, 0.5) is 10.3 Å². The van der Waals surface area contributed by atoms with Gasteiger partial charge in [0.05, 0.1) is 19.0 Å². The Kier molecular flexibility index (Phi) is 4.08. The zero-order valence-electron chi connectivity index (χ0n) is 14.7. The number of pyridine rings is 1. The first-order valence-corrected chi connectivity index (χ1v) is 8.21. The Balaban J connectivity index is 1.60. The van der Waals surface area contributed by atoms with Gasteiger partial charge < -0.3 is 9.72 Å². The smallest absolute Gasteiger partial charge is 0.281 e. The van der Waals surface area contributed by atoms with Crippen LogP contribution in [0.2, 0.25) is 0 Å². The number of aryl methyl sites for hydroxylation is 1. The zero-order valence-corrected chi connectivity index (χ0v) is 14.7. The summed E-state index contributed by atoms with van der Waals surface area (Å²) in [4.78, 5) is 23.6. The molecule has 0 spiro atoms. The molecule has 3 heterocycles. The Labute approximate surface area is 153 Å². The minimum Gasteiger partial charge on any atom is -0.497 e. The average molecular weight is 365 g/mol. The van der Waals surface area contributed by atoms with E-state index in [9.17, 15) is 9.18 Å². The fourth-order valence-corrected chi connectivity index (χ4v) is 2.85. The van der Waals surface area contributed by atoms with Crippen LogP contribution in [0.3, 0.4) is 0 Å². The van der Waals surface area contributed by atoms with Crippen molar-refractivity contribution in [1.29, 1.82) is 0 Å². The van der Waals surface area contributed by atoms with Crippen molar-refractivity contribution in [3.63, 3.8) is 0 Å². The van der Waals surface area contributed by atoms with Crippen LogP contribution in [-0.2, 0) is 0 Å². The molecule has 0 fully saturated rings. The van der Waals surface area contributed by atoms with Gasteiger partial charge in [0, 0.05) is 11.3 Å². The molecule has 0 aliphatic carbocycles. The van der Waals surface area contributed by atoms with Crippen LogP contribution >= 0.6 is 0 Å². The van der Waals surface area contributed by atoms with Gasteiger partial charge in [0.2, 0.25) is 11.9 Å². The molecule has 1 amide bonds. The van der Waals surface area contributed by atoms with Crippen LogP contribution in [0.1, 0.15) is 16.2 Å². The molecule has 27 heavy (non-hydrogen) atoms. The molecule has 0 aliphatic rings. The zero-order chi connectivity index (χ0) is 19.0. The van der Waals surface area contributed by atoms with Crippen molar-refractivity contribution in [2.75, 3.05) is 12.4 Å². The molecule has 0 radical (unpaired) electrons. The molecule has 1 aromatic carbocycles. The van der Waals surface area contributed by atoms with E-state index >= 15 is 0 Å². The van der Waals surface area contributed by atoms with Gasteiger partial charge in [0.15, 0.2) is 5.69 Å². The highest BCUT2D eigenvalue weighted by Gasteiger charge is 2.21. The van der Waals surface area contributed by atoms with Gasteiger partial charge in [0.1, 0.15) is 11.4 Å².